The fourth-order valence-electron chi connectivity index (χ4n) is 0.881. The molecule has 0 spiro atoms. The van der Waals surface area contributed by atoms with Gasteiger partial charge in [0.15, 0.2) is 16.1 Å². The standard InChI is InChI=1S/C8H16O6S/c1-4-14-7(9)5-15(10,11)6-8(12-2)13-3/h8H,4-6H2,1-3H3. The molecule has 90 valence electrons. The second-order valence-electron chi connectivity index (χ2n) is 2.76. The number of hydrogen-bond acceptors (Lipinski definition) is 6. The Morgan fingerprint density at radius 1 is 1.27 bits per heavy atom. The maximum absolute atomic E-state index is 11.4. The molecule has 0 aliphatic heterocycles. The summed E-state index contributed by atoms with van der Waals surface area (Å²) >= 11 is 0. The summed E-state index contributed by atoms with van der Waals surface area (Å²) in [6.45, 7) is 1.77. The first-order valence-electron chi connectivity index (χ1n) is 4.36. The van der Waals surface area contributed by atoms with Crippen molar-refractivity contribution in [1.82, 2.24) is 0 Å². The summed E-state index contributed by atoms with van der Waals surface area (Å²) in [7, 11) is -0.896. The molecular formula is C8H16O6S. The number of methoxy groups -OCH3 is 2. The molecule has 0 aromatic heterocycles. The number of esters is 1. The third kappa shape index (κ3) is 6.43. The van der Waals surface area contributed by atoms with Crippen LogP contribution in [0.5, 0.6) is 0 Å². The van der Waals surface area contributed by atoms with E-state index in [1.807, 2.05) is 0 Å². The Morgan fingerprint density at radius 2 is 1.80 bits per heavy atom. The predicted molar refractivity (Wildman–Crippen MR) is 53.1 cm³/mol. The molecule has 0 atom stereocenters. The molecule has 0 unspecified atom stereocenters. The summed E-state index contributed by atoms with van der Waals surface area (Å²) in [6.07, 6.45) is -0.857. The maximum Gasteiger partial charge on any atom is 0.321 e. The van der Waals surface area contributed by atoms with Crippen molar-refractivity contribution in [3.8, 4) is 0 Å². The second-order valence-corrected chi connectivity index (χ2v) is 4.87. The smallest absolute Gasteiger partial charge is 0.321 e. The topological polar surface area (TPSA) is 78.9 Å². The van der Waals surface area contributed by atoms with E-state index in [1.54, 1.807) is 6.92 Å². The Hall–Kier alpha value is -0.660. The van der Waals surface area contributed by atoms with Gasteiger partial charge in [0, 0.05) is 14.2 Å². The van der Waals surface area contributed by atoms with E-state index >= 15 is 0 Å². The van der Waals surface area contributed by atoms with E-state index in [-0.39, 0.29) is 12.4 Å². The van der Waals surface area contributed by atoms with Gasteiger partial charge >= 0.3 is 5.97 Å². The minimum absolute atomic E-state index is 0.159. The van der Waals surface area contributed by atoms with Crippen LogP contribution < -0.4 is 0 Å². The van der Waals surface area contributed by atoms with Gasteiger partial charge in [-0.25, -0.2) is 8.42 Å². The van der Waals surface area contributed by atoms with E-state index in [0.717, 1.165) is 0 Å². The quantitative estimate of drug-likeness (QED) is 0.444. The molecule has 7 heteroatoms. The number of carbonyl (C=O) groups excluding carboxylic acids is 1. The molecule has 0 aliphatic carbocycles. The molecule has 6 nitrogen and oxygen atoms in total. The van der Waals surface area contributed by atoms with Crippen molar-refractivity contribution in [2.45, 2.75) is 13.2 Å². The third-order valence-corrected chi connectivity index (χ3v) is 3.01. The van der Waals surface area contributed by atoms with Gasteiger partial charge in [-0.1, -0.05) is 0 Å². The van der Waals surface area contributed by atoms with Crippen LogP contribution in [-0.4, -0.2) is 53.0 Å². The molecule has 0 N–H and O–H groups in total. The molecule has 0 bridgehead atoms. The summed E-state index contributed by atoms with van der Waals surface area (Å²) < 4.78 is 36.7. The zero-order chi connectivity index (χ0) is 11.9. The highest BCUT2D eigenvalue weighted by Crippen LogP contribution is 2.00. The maximum atomic E-state index is 11.4. The van der Waals surface area contributed by atoms with Crippen LogP contribution in [0.25, 0.3) is 0 Å². The van der Waals surface area contributed by atoms with Gasteiger partial charge in [0.05, 0.1) is 6.61 Å². The van der Waals surface area contributed by atoms with Crippen LogP contribution in [0, 0.1) is 0 Å². The first-order chi connectivity index (χ1) is 6.95. The Kier molecular flexibility index (Phi) is 6.46. The van der Waals surface area contributed by atoms with Crippen molar-refractivity contribution in [2.75, 3.05) is 32.3 Å². The molecule has 0 fully saturated rings. The monoisotopic (exact) mass is 240 g/mol. The number of ether oxygens (including phenoxy) is 3. The zero-order valence-corrected chi connectivity index (χ0v) is 9.87. The first-order valence-corrected chi connectivity index (χ1v) is 6.19. The summed E-state index contributed by atoms with van der Waals surface area (Å²) in [5.41, 5.74) is 0. The lowest BCUT2D eigenvalue weighted by molar-refractivity contribution is -0.139. The minimum atomic E-state index is -3.55. The Bertz CT molecular complexity index is 280. The van der Waals surface area contributed by atoms with Gasteiger partial charge in [0.2, 0.25) is 0 Å². The summed E-state index contributed by atoms with van der Waals surface area (Å²) in [6, 6.07) is 0. The normalized spacial score (nSPS) is 11.7. The summed E-state index contributed by atoms with van der Waals surface area (Å²) in [5.74, 6) is -1.77. The first kappa shape index (κ1) is 14.3. The van der Waals surface area contributed by atoms with Crippen LogP contribution in [-0.2, 0) is 28.8 Å². The van der Waals surface area contributed by atoms with E-state index in [2.05, 4.69) is 4.74 Å². The van der Waals surface area contributed by atoms with Crippen LogP contribution in [0.3, 0.4) is 0 Å². The number of hydrogen-bond donors (Lipinski definition) is 0. The van der Waals surface area contributed by atoms with Crippen molar-refractivity contribution in [3.63, 3.8) is 0 Å². The van der Waals surface area contributed by atoms with Crippen molar-refractivity contribution in [1.29, 1.82) is 0 Å². The van der Waals surface area contributed by atoms with Crippen LogP contribution in [0.1, 0.15) is 6.92 Å². The van der Waals surface area contributed by atoms with Gasteiger partial charge in [0.1, 0.15) is 11.5 Å². The predicted octanol–water partition coefficient (Wildman–Crippen LogP) is -0.417. The van der Waals surface area contributed by atoms with E-state index in [0.29, 0.717) is 0 Å². The lowest BCUT2D eigenvalue weighted by atomic mass is 10.7. The molecule has 15 heavy (non-hydrogen) atoms. The van der Waals surface area contributed by atoms with Crippen molar-refractivity contribution in [2.24, 2.45) is 0 Å². The van der Waals surface area contributed by atoms with E-state index < -0.39 is 27.8 Å². The highest BCUT2D eigenvalue weighted by molar-refractivity contribution is 7.92. The van der Waals surface area contributed by atoms with Crippen molar-refractivity contribution >= 4 is 15.8 Å². The molecular weight excluding hydrogens is 224 g/mol. The Balaban J connectivity index is 4.24. The van der Waals surface area contributed by atoms with Crippen LogP contribution in [0.15, 0.2) is 0 Å². The molecule has 0 aromatic carbocycles. The van der Waals surface area contributed by atoms with Gasteiger partial charge in [-0.15, -0.1) is 0 Å². The number of sulfone groups is 1. The largest absolute Gasteiger partial charge is 0.465 e. The minimum Gasteiger partial charge on any atom is -0.465 e. The van der Waals surface area contributed by atoms with Crippen molar-refractivity contribution in [3.05, 3.63) is 0 Å². The van der Waals surface area contributed by atoms with E-state index in [1.165, 1.54) is 14.2 Å². The average Bonchev–Trinajstić information content (AvgIpc) is 2.13. The average molecular weight is 240 g/mol. The molecule has 0 heterocycles. The van der Waals surface area contributed by atoms with Crippen LogP contribution in [0.4, 0.5) is 0 Å². The molecule has 0 radical (unpaired) electrons. The third-order valence-electron chi connectivity index (χ3n) is 1.56. The van der Waals surface area contributed by atoms with Crippen molar-refractivity contribution < 1.29 is 27.4 Å². The Labute approximate surface area is 89.4 Å². The molecule has 0 rings (SSSR count). The number of rotatable bonds is 7. The fourth-order valence-corrected chi connectivity index (χ4v) is 2.13. The van der Waals surface area contributed by atoms with Crippen LogP contribution >= 0.6 is 0 Å². The van der Waals surface area contributed by atoms with E-state index in [9.17, 15) is 13.2 Å². The molecule has 0 amide bonds. The molecule has 0 aromatic rings. The highest BCUT2D eigenvalue weighted by Gasteiger charge is 2.22. The Morgan fingerprint density at radius 3 is 2.20 bits per heavy atom. The molecule has 0 saturated carbocycles. The number of carbonyl (C=O) groups is 1. The zero-order valence-electron chi connectivity index (χ0n) is 9.06. The van der Waals surface area contributed by atoms with E-state index in [4.69, 9.17) is 9.47 Å². The fraction of sp³-hybridized carbons (Fsp3) is 0.875. The van der Waals surface area contributed by atoms with Gasteiger partial charge in [-0.2, -0.15) is 0 Å². The second kappa shape index (κ2) is 6.76. The highest BCUT2D eigenvalue weighted by atomic mass is 32.2. The SMILES string of the molecule is CCOC(=O)CS(=O)(=O)CC(OC)OC. The van der Waals surface area contributed by atoms with Gasteiger partial charge in [-0.05, 0) is 6.92 Å². The summed E-state index contributed by atoms with van der Waals surface area (Å²) in [4.78, 5) is 10.9. The van der Waals surface area contributed by atoms with Gasteiger partial charge < -0.3 is 14.2 Å². The van der Waals surface area contributed by atoms with Gasteiger partial charge in [-0.3, -0.25) is 4.79 Å². The lowest BCUT2D eigenvalue weighted by Gasteiger charge is -2.12. The van der Waals surface area contributed by atoms with Crippen LogP contribution in [0.2, 0.25) is 0 Å². The summed E-state index contributed by atoms with van der Waals surface area (Å²) in [5, 5.41) is 0. The molecule has 0 aliphatic rings. The lowest BCUT2D eigenvalue weighted by Crippen LogP contribution is -2.29. The molecule has 0 saturated heterocycles. The van der Waals surface area contributed by atoms with Gasteiger partial charge in [0.25, 0.3) is 0 Å².